The van der Waals surface area contributed by atoms with Gasteiger partial charge in [-0.15, -0.1) is 16.4 Å². The Morgan fingerprint density at radius 2 is 1.58 bits per heavy atom. The van der Waals surface area contributed by atoms with Crippen LogP contribution in [0.2, 0.25) is 0 Å². The molecule has 0 bridgehead atoms. The molecule has 0 radical (unpaired) electrons. The Bertz CT molecular complexity index is 1050. The van der Waals surface area contributed by atoms with Gasteiger partial charge < -0.3 is 0 Å². The second-order valence-electron chi connectivity index (χ2n) is 8.27. The molecule has 0 amide bonds. The third kappa shape index (κ3) is 4.75. The largest absolute Gasteiger partial charge is 0.289 e. The highest BCUT2D eigenvalue weighted by Crippen LogP contribution is 2.34. The van der Waals surface area contributed by atoms with Crippen molar-refractivity contribution in [2.24, 2.45) is 5.92 Å². The van der Waals surface area contributed by atoms with Gasteiger partial charge in [-0.05, 0) is 71.3 Å². The van der Waals surface area contributed by atoms with Crippen molar-refractivity contribution in [1.29, 1.82) is 0 Å². The number of thiophene rings is 1. The van der Waals surface area contributed by atoms with Crippen molar-refractivity contribution in [3.8, 4) is 0 Å². The summed E-state index contributed by atoms with van der Waals surface area (Å²) in [5.41, 5.74) is 2.66. The van der Waals surface area contributed by atoms with Crippen LogP contribution in [0.1, 0.15) is 40.7 Å². The van der Waals surface area contributed by atoms with E-state index in [-0.39, 0.29) is 6.04 Å². The lowest BCUT2D eigenvalue weighted by molar-refractivity contribution is 0.145. The SMILES string of the molecule is c1ccc(CC2CCN([C@H](c3cccs3)c3nnnn3Cc3ccccc3)CC2)cc1. The van der Waals surface area contributed by atoms with Crippen LogP contribution in [0.5, 0.6) is 0 Å². The van der Waals surface area contributed by atoms with E-state index in [9.17, 15) is 0 Å². The van der Waals surface area contributed by atoms with Crippen molar-refractivity contribution in [3.05, 3.63) is 100 Å². The highest BCUT2D eigenvalue weighted by atomic mass is 32.1. The van der Waals surface area contributed by atoms with Crippen molar-refractivity contribution < 1.29 is 0 Å². The average molecular weight is 430 g/mol. The molecule has 5 rings (SSSR count). The first-order valence-corrected chi connectivity index (χ1v) is 11.9. The molecule has 1 saturated heterocycles. The summed E-state index contributed by atoms with van der Waals surface area (Å²) >= 11 is 1.79. The summed E-state index contributed by atoms with van der Waals surface area (Å²) in [5.74, 6) is 1.68. The molecule has 1 aliphatic heterocycles. The zero-order valence-corrected chi connectivity index (χ0v) is 18.4. The summed E-state index contributed by atoms with van der Waals surface area (Å²) in [6.07, 6.45) is 3.58. The minimum Gasteiger partial charge on any atom is -0.289 e. The summed E-state index contributed by atoms with van der Waals surface area (Å²) in [4.78, 5) is 3.88. The number of rotatable bonds is 7. The summed E-state index contributed by atoms with van der Waals surface area (Å²) < 4.78 is 1.97. The lowest BCUT2D eigenvalue weighted by atomic mass is 9.89. The molecular weight excluding hydrogens is 402 g/mol. The third-order valence-corrected chi connectivity index (χ3v) is 7.10. The van der Waals surface area contributed by atoms with E-state index < -0.39 is 0 Å². The molecule has 31 heavy (non-hydrogen) atoms. The number of likely N-dealkylation sites (tertiary alicyclic amines) is 1. The average Bonchev–Trinajstić information content (AvgIpc) is 3.50. The van der Waals surface area contributed by atoms with E-state index in [1.807, 2.05) is 10.7 Å². The van der Waals surface area contributed by atoms with Gasteiger partial charge in [-0.3, -0.25) is 4.90 Å². The lowest BCUT2D eigenvalue weighted by Gasteiger charge is -2.36. The van der Waals surface area contributed by atoms with Crippen LogP contribution in [-0.2, 0) is 13.0 Å². The first-order valence-electron chi connectivity index (χ1n) is 11.0. The van der Waals surface area contributed by atoms with Crippen molar-refractivity contribution in [2.45, 2.75) is 31.8 Å². The summed E-state index contributed by atoms with van der Waals surface area (Å²) in [5, 5.41) is 15.0. The van der Waals surface area contributed by atoms with Crippen LogP contribution in [0.15, 0.2) is 78.2 Å². The Hall–Kier alpha value is -2.83. The van der Waals surface area contributed by atoms with Gasteiger partial charge in [0.05, 0.1) is 6.54 Å². The summed E-state index contributed by atoms with van der Waals surface area (Å²) in [6, 6.07) is 25.7. The Morgan fingerprint density at radius 3 is 2.26 bits per heavy atom. The maximum atomic E-state index is 4.50. The minimum absolute atomic E-state index is 0.108. The van der Waals surface area contributed by atoms with Gasteiger partial charge in [0.2, 0.25) is 0 Å². The van der Waals surface area contributed by atoms with Gasteiger partial charge in [0.25, 0.3) is 0 Å². The third-order valence-electron chi connectivity index (χ3n) is 6.17. The number of aromatic nitrogens is 4. The fourth-order valence-corrected chi connectivity index (χ4v) is 5.41. The van der Waals surface area contributed by atoms with Crippen LogP contribution in [0.4, 0.5) is 0 Å². The molecule has 0 aliphatic carbocycles. The highest BCUT2D eigenvalue weighted by Gasteiger charge is 2.31. The van der Waals surface area contributed by atoms with Gasteiger partial charge in [-0.2, -0.15) is 0 Å². The van der Waals surface area contributed by atoms with Crippen LogP contribution < -0.4 is 0 Å². The molecule has 1 aliphatic rings. The van der Waals surface area contributed by atoms with Gasteiger partial charge in [-0.25, -0.2) is 4.68 Å². The number of tetrazole rings is 1. The van der Waals surface area contributed by atoms with Crippen LogP contribution in [0, 0.1) is 5.92 Å². The number of hydrogen-bond donors (Lipinski definition) is 0. The van der Waals surface area contributed by atoms with E-state index in [1.165, 1.54) is 35.3 Å². The zero-order valence-electron chi connectivity index (χ0n) is 17.5. The van der Waals surface area contributed by atoms with Crippen LogP contribution in [0.3, 0.4) is 0 Å². The van der Waals surface area contributed by atoms with Gasteiger partial charge in [0.15, 0.2) is 5.82 Å². The maximum Gasteiger partial charge on any atom is 0.174 e. The van der Waals surface area contributed by atoms with Gasteiger partial charge >= 0.3 is 0 Å². The normalized spacial score (nSPS) is 16.4. The second-order valence-corrected chi connectivity index (χ2v) is 9.25. The van der Waals surface area contributed by atoms with Crippen LogP contribution in [0.25, 0.3) is 0 Å². The van der Waals surface area contributed by atoms with Crippen LogP contribution in [-0.4, -0.2) is 38.2 Å². The molecular formula is C25H27N5S. The number of nitrogens with zero attached hydrogens (tertiary/aromatic N) is 5. The van der Waals surface area contributed by atoms with Crippen molar-refractivity contribution in [2.75, 3.05) is 13.1 Å². The maximum absolute atomic E-state index is 4.50. The Kier molecular flexibility index (Phi) is 6.18. The minimum atomic E-state index is 0.108. The molecule has 4 aromatic rings. The first-order chi connectivity index (χ1) is 15.4. The van der Waals surface area contributed by atoms with Crippen molar-refractivity contribution in [1.82, 2.24) is 25.1 Å². The van der Waals surface area contributed by atoms with E-state index in [1.54, 1.807) is 11.3 Å². The van der Waals surface area contributed by atoms with E-state index in [0.717, 1.165) is 24.8 Å². The monoisotopic (exact) mass is 429 g/mol. The molecule has 0 N–H and O–H groups in total. The van der Waals surface area contributed by atoms with Crippen molar-refractivity contribution >= 4 is 11.3 Å². The predicted octanol–water partition coefficient (Wildman–Crippen LogP) is 4.83. The molecule has 2 aromatic carbocycles. The molecule has 1 atom stereocenters. The van der Waals surface area contributed by atoms with Gasteiger partial charge in [0.1, 0.15) is 6.04 Å². The fourth-order valence-electron chi connectivity index (χ4n) is 4.56. The molecule has 0 spiro atoms. The number of benzene rings is 2. The standard InChI is InChI=1S/C25H27N5S/c1-3-8-20(9-4-1)18-21-13-15-29(16-14-21)24(23-12-7-17-31-23)25-26-27-28-30(25)19-22-10-5-2-6-11-22/h1-12,17,21,24H,13-16,18-19H2/t24-/m1/s1. The molecule has 3 heterocycles. The van der Waals surface area contributed by atoms with Crippen LogP contribution >= 0.6 is 11.3 Å². The second kappa shape index (κ2) is 9.54. The van der Waals surface area contributed by atoms with E-state index in [0.29, 0.717) is 6.54 Å². The van der Waals surface area contributed by atoms with E-state index >= 15 is 0 Å². The van der Waals surface area contributed by atoms with E-state index in [4.69, 9.17) is 0 Å². The quantitative estimate of drug-likeness (QED) is 0.422. The number of piperidine rings is 1. The first kappa shape index (κ1) is 20.1. The zero-order chi connectivity index (χ0) is 20.9. The molecule has 5 nitrogen and oxygen atoms in total. The topological polar surface area (TPSA) is 46.8 Å². The van der Waals surface area contributed by atoms with E-state index in [2.05, 4.69) is 92.5 Å². The predicted molar refractivity (Wildman–Crippen MR) is 124 cm³/mol. The van der Waals surface area contributed by atoms with Crippen molar-refractivity contribution in [3.63, 3.8) is 0 Å². The molecule has 1 fully saturated rings. The fraction of sp³-hybridized carbons (Fsp3) is 0.320. The van der Waals surface area contributed by atoms with Gasteiger partial charge in [0, 0.05) is 4.88 Å². The molecule has 0 saturated carbocycles. The molecule has 0 unspecified atom stereocenters. The number of hydrogen-bond acceptors (Lipinski definition) is 5. The Balaban J connectivity index is 1.34. The summed E-state index contributed by atoms with van der Waals surface area (Å²) in [7, 11) is 0. The Morgan fingerprint density at radius 1 is 0.871 bits per heavy atom. The lowest BCUT2D eigenvalue weighted by Crippen LogP contribution is -2.38. The molecule has 6 heteroatoms. The Labute approximate surface area is 187 Å². The molecule has 158 valence electrons. The van der Waals surface area contributed by atoms with Gasteiger partial charge in [-0.1, -0.05) is 66.7 Å². The molecule has 2 aromatic heterocycles. The summed E-state index contributed by atoms with van der Waals surface area (Å²) in [6.45, 7) is 2.83. The highest BCUT2D eigenvalue weighted by molar-refractivity contribution is 7.10. The smallest absolute Gasteiger partial charge is 0.174 e.